The molecule has 0 bridgehead atoms. The number of aromatic nitrogens is 1. The molecule has 0 spiro atoms. The van der Waals surface area contributed by atoms with Gasteiger partial charge in [-0.2, -0.15) is 0 Å². The summed E-state index contributed by atoms with van der Waals surface area (Å²) >= 11 is 0. The van der Waals surface area contributed by atoms with Crippen LogP contribution in [0.1, 0.15) is 42.5 Å². The smallest absolute Gasteiger partial charge is 0.264 e. The maximum atomic E-state index is 13.3. The Kier molecular flexibility index (Phi) is 6.03. The molecule has 2 heterocycles. The van der Waals surface area contributed by atoms with Crippen molar-refractivity contribution in [1.82, 2.24) is 10.3 Å². The number of nitrogens with zero attached hydrogens (tertiary/aromatic N) is 1. The number of hydrogen-bond donors (Lipinski definition) is 3. The Balaban J connectivity index is 1.54. The van der Waals surface area contributed by atoms with Crippen LogP contribution in [0.3, 0.4) is 0 Å². The largest absolute Gasteiger partial charge is 0.508 e. The molecule has 0 aliphatic carbocycles. The molecule has 0 saturated heterocycles. The number of carbonyl (C=O) groups is 1. The highest BCUT2D eigenvalue weighted by atomic mass is 16.5. The lowest BCUT2D eigenvalue weighted by atomic mass is 9.95. The number of hydrogen-bond acceptors (Lipinski definition) is 4. The van der Waals surface area contributed by atoms with Crippen molar-refractivity contribution in [3.05, 3.63) is 102 Å². The third-order valence-corrected chi connectivity index (χ3v) is 5.62. The van der Waals surface area contributed by atoms with Gasteiger partial charge < -0.3 is 15.2 Å². The van der Waals surface area contributed by atoms with E-state index in [4.69, 9.17) is 10.1 Å². The molecular weight excluding hydrogens is 402 g/mol. The summed E-state index contributed by atoms with van der Waals surface area (Å²) in [5, 5.41) is 19.8. The van der Waals surface area contributed by atoms with E-state index >= 15 is 0 Å². The average Bonchev–Trinajstić information content (AvgIpc) is 3.23. The van der Waals surface area contributed by atoms with Gasteiger partial charge in [-0.05, 0) is 31.2 Å². The van der Waals surface area contributed by atoms with E-state index in [0.717, 1.165) is 11.1 Å². The molecule has 1 amide bonds. The van der Waals surface area contributed by atoms with Crippen molar-refractivity contribution in [1.29, 1.82) is 0 Å². The molecule has 2 aromatic carbocycles. The van der Waals surface area contributed by atoms with E-state index in [2.05, 4.69) is 10.3 Å². The normalized spacial score (nSPS) is 18.3. The van der Waals surface area contributed by atoms with Crippen LogP contribution in [-0.4, -0.2) is 27.3 Å². The second-order valence-corrected chi connectivity index (χ2v) is 8.03. The molecular formula is C26H26N3O3+. The molecule has 1 aliphatic rings. The zero-order valence-corrected chi connectivity index (χ0v) is 17.9. The minimum absolute atomic E-state index is 0.0948. The number of carbonyl (C=O) groups excluding carboxylic acids is 1. The van der Waals surface area contributed by atoms with E-state index in [-0.39, 0.29) is 11.7 Å². The first-order valence-corrected chi connectivity index (χ1v) is 10.5. The number of phenols is 1. The van der Waals surface area contributed by atoms with Crippen molar-refractivity contribution in [3.63, 3.8) is 0 Å². The van der Waals surface area contributed by atoms with Crippen molar-refractivity contribution in [2.75, 3.05) is 0 Å². The summed E-state index contributed by atoms with van der Waals surface area (Å²) in [4.78, 5) is 17.5. The summed E-state index contributed by atoms with van der Waals surface area (Å²) in [6.07, 6.45) is 6.04. The fourth-order valence-corrected chi connectivity index (χ4v) is 3.75. The molecule has 0 radical (unpaired) electrons. The fraction of sp³-hybridized carbons (Fsp3) is 0.192. The maximum Gasteiger partial charge on any atom is 0.264 e. The van der Waals surface area contributed by atoms with Crippen molar-refractivity contribution in [3.8, 4) is 5.75 Å². The van der Waals surface area contributed by atoms with Gasteiger partial charge in [0.1, 0.15) is 11.5 Å². The van der Waals surface area contributed by atoms with Crippen molar-refractivity contribution >= 4 is 17.4 Å². The molecule has 162 valence electrons. The molecule has 2 unspecified atom stereocenters. The minimum atomic E-state index is -1.06. The highest BCUT2D eigenvalue weighted by Gasteiger charge is 2.41. The number of amides is 1. The third kappa shape index (κ3) is 4.54. The first-order valence-electron chi connectivity index (χ1n) is 10.5. The number of aromatic hydroxyl groups is 1. The molecule has 32 heavy (non-hydrogen) atoms. The summed E-state index contributed by atoms with van der Waals surface area (Å²) < 4.78 is 6.09. The summed E-state index contributed by atoms with van der Waals surface area (Å²) in [6.45, 7) is 1.77. The van der Waals surface area contributed by atoms with E-state index < -0.39 is 11.6 Å². The van der Waals surface area contributed by atoms with Crippen LogP contribution in [0.5, 0.6) is 5.75 Å². The number of benzene rings is 2. The van der Waals surface area contributed by atoms with Gasteiger partial charge in [0.05, 0.1) is 18.0 Å². The Labute approximate surface area is 187 Å². The second kappa shape index (κ2) is 9.06. The van der Waals surface area contributed by atoms with E-state index in [1.165, 1.54) is 0 Å². The predicted molar refractivity (Wildman–Crippen MR) is 122 cm³/mol. The first kappa shape index (κ1) is 21.3. The van der Waals surface area contributed by atoms with Crippen LogP contribution < -0.4 is 10.7 Å². The van der Waals surface area contributed by atoms with Crippen LogP contribution in [0.25, 0.3) is 5.76 Å². The Morgan fingerprint density at radius 2 is 1.91 bits per heavy atom. The molecule has 1 aromatic heterocycles. The number of phenolic OH excluding ortho intramolecular Hbond substituents is 1. The average molecular weight is 429 g/mol. The van der Waals surface area contributed by atoms with E-state index in [1.54, 1.807) is 43.6 Å². The Bertz CT molecular complexity index is 1150. The van der Waals surface area contributed by atoms with Crippen molar-refractivity contribution < 1.29 is 20.0 Å². The molecule has 4 N–H and O–H groups in total. The minimum Gasteiger partial charge on any atom is -0.508 e. The predicted octanol–water partition coefficient (Wildman–Crippen LogP) is 2.80. The van der Waals surface area contributed by atoms with Gasteiger partial charge in [0.25, 0.3) is 5.91 Å². The molecule has 6 heteroatoms. The molecule has 0 saturated carbocycles. The SMILES string of the molecule is CC1(C(=O)NC(CC(=[NH2+])c2cccnc2)c2ccccc2O)CC=C(c2ccccc2)O1. The summed E-state index contributed by atoms with van der Waals surface area (Å²) in [6, 6.07) is 19.8. The molecule has 1 aliphatic heterocycles. The fourth-order valence-electron chi connectivity index (χ4n) is 3.75. The van der Waals surface area contributed by atoms with Crippen LogP contribution in [0.4, 0.5) is 0 Å². The quantitative estimate of drug-likeness (QED) is 0.504. The molecule has 4 rings (SSSR count). The monoisotopic (exact) mass is 428 g/mol. The lowest BCUT2D eigenvalue weighted by molar-refractivity contribution is -0.137. The van der Waals surface area contributed by atoms with Gasteiger partial charge in [-0.1, -0.05) is 48.5 Å². The van der Waals surface area contributed by atoms with E-state index in [0.29, 0.717) is 29.9 Å². The number of nitrogens with two attached hydrogens (primary N) is 1. The number of rotatable bonds is 7. The highest BCUT2D eigenvalue weighted by Crippen LogP contribution is 2.35. The second-order valence-electron chi connectivity index (χ2n) is 8.03. The van der Waals surface area contributed by atoms with Gasteiger partial charge in [-0.25, -0.2) is 0 Å². The number of nitrogens with one attached hydrogen (secondary N) is 1. The topological polar surface area (TPSA) is 97.0 Å². The van der Waals surface area contributed by atoms with Gasteiger partial charge >= 0.3 is 0 Å². The van der Waals surface area contributed by atoms with Crippen LogP contribution in [-0.2, 0) is 9.53 Å². The maximum absolute atomic E-state index is 13.3. The molecule has 3 aromatic rings. The number of ether oxygens (including phenoxy) is 1. The highest BCUT2D eigenvalue weighted by molar-refractivity contribution is 5.96. The van der Waals surface area contributed by atoms with Gasteiger partial charge in [0.15, 0.2) is 11.3 Å². The Hall–Kier alpha value is -3.93. The van der Waals surface area contributed by atoms with Crippen molar-refractivity contribution in [2.45, 2.75) is 31.4 Å². The summed E-state index contributed by atoms with van der Waals surface area (Å²) in [5.41, 5.74) is 1.79. The Morgan fingerprint density at radius 1 is 1.16 bits per heavy atom. The standard InChI is InChI=1S/C26H25N3O3/c1-26(14-13-24(32-26)18-8-3-2-4-9-18)25(31)29-22(20-11-5-6-12-23(20)30)16-21(27)19-10-7-15-28-17-19/h2-13,15,17,22,27,30H,14,16H2,1H3,(H,29,31)/p+1. The van der Waals surface area contributed by atoms with Gasteiger partial charge in [-0.3, -0.25) is 15.2 Å². The van der Waals surface area contributed by atoms with Crippen LogP contribution >= 0.6 is 0 Å². The number of para-hydroxylation sites is 1. The zero-order valence-electron chi connectivity index (χ0n) is 17.9. The molecule has 0 fully saturated rings. The third-order valence-electron chi connectivity index (χ3n) is 5.62. The molecule has 2 atom stereocenters. The van der Waals surface area contributed by atoms with E-state index in [1.807, 2.05) is 48.5 Å². The molecule has 6 nitrogen and oxygen atoms in total. The summed E-state index contributed by atoms with van der Waals surface area (Å²) in [5.74, 6) is 0.507. The number of pyridine rings is 1. The van der Waals surface area contributed by atoms with Crippen LogP contribution in [0, 0.1) is 0 Å². The lowest BCUT2D eigenvalue weighted by Crippen LogP contribution is -2.48. The van der Waals surface area contributed by atoms with Crippen LogP contribution in [0.2, 0.25) is 0 Å². The van der Waals surface area contributed by atoms with Crippen molar-refractivity contribution in [2.24, 2.45) is 0 Å². The van der Waals surface area contributed by atoms with E-state index in [9.17, 15) is 9.90 Å². The van der Waals surface area contributed by atoms with Crippen LogP contribution in [0.15, 0.2) is 85.2 Å². The lowest BCUT2D eigenvalue weighted by Gasteiger charge is -2.28. The summed E-state index contributed by atoms with van der Waals surface area (Å²) in [7, 11) is 0. The van der Waals surface area contributed by atoms with Gasteiger partial charge in [0.2, 0.25) is 0 Å². The first-order chi connectivity index (χ1) is 15.5. The zero-order chi connectivity index (χ0) is 22.6. The Morgan fingerprint density at radius 3 is 2.62 bits per heavy atom. The van der Waals surface area contributed by atoms with Gasteiger partial charge in [0, 0.05) is 29.9 Å². The van der Waals surface area contributed by atoms with Gasteiger partial charge in [-0.15, -0.1) is 0 Å².